The molecule has 2 aliphatic rings. The first kappa shape index (κ1) is 38.2. The number of thioether (sulfide) groups is 2. The number of aromatic nitrogens is 1. The summed E-state index contributed by atoms with van der Waals surface area (Å²) in [4.78, 5) is 7.59. The van der Waals surface area contributed by atoms with Gasteiger partial charge in [-0.15, -0.1) is 23.5 Å². The number of pyridine rings is 1. The van der Waals surface area contributed by atoms with Gasteiger partial charge in [-0.25, -0.2) is 4.98 Å². The highest BCUT2D eigenvalue weighted by Gasteiger charge is 2.15. The lowest BCUT2D eigenvalue weighted by molar-refractivity contribution is 1.27. The lowest BCUT2D eigenvalue weighted by Gasteiger charge is -2.15. The fourth-order valence-electron chi connectivity index (χ4n) is 6.54. The summed E-state index contributed by atoms with van der Waals surface area (Å²) < 4.78 is 0. The molecule has 0 saturated carbocycles. The van der Waals surface area contributed by atoms with Crippen LogP contribution in [0.1, 0.15) is 22.5 Å². The molecule has 0 unspecified atom stereocenters. The van der Waals surface area contributed by atoms with Crippen molar-refractivity contribution in [2.24, 2.45) is 0 Å². The molecule has 54 heavy (non-hydrogen) atoms. The molecule has 5 heteroatoms. The molecule has 1 nitrogen and oxygen atoms in total. The zero-order valence-electron chi connectivity index (χ0n) is 32.5. The Morgan fingerprint density at radius 3 is 1.09 bits per heavy atom. The minimum atomic E-state index is -1.01. The molecule has 0 fully saturated rings. The predicted molar refractivity (Wildman–Crippen MR) is 248 cm³/mol. The summed E-state index contributed by atoms with van der Waals surface area (Å²) in [5.41, 5.74) is 14.1. The fourth-order valence-corrected chi connectivity index (χ4v) is 13.4. The first-order valence-electron chi connectivity index (χ1n) is 19.1. The van der Waals surface area contributed by atoms with Crippen LogP contribution in [0.15, 0.2) is 137 Å². The van der Waals surface area contributed by atoms with Crippen molar-refractivity contribution in [3.05, 3.63) is 150 Å². The molecule has 8 rings (SSSR count). The van der Waals surface area contributed by atoms with Gasteiger partial charge in [0.1, 0.15) is 0 Å². The standard InChI is InChI=1S/C49H51NS2Si2/c1-53(2,3)32-30-51-46-26-20-38(21-27-46)36-10-14-40(15-11-36)48-34-43-19-25-45-9-7-8-44(50-45)24-18-42(48)35-49(43)41-16-12-37(13-17-41)39-22-28-47(29-23-39)52-31-33-54(4,5)6/h7-29,34-35H,30-33H2,1-6H3/b24-18-,25-19-. The van der Waals surface area contributed by atoms with Crippen LogP contribution in [-0.4, -0.2) is 32.6 Å². The zero-order valence-corrected chi connectivity index (χ0v) is 36.2. The van der Waals surface area contributed by atoms with Crippen molar-refractivity contribution in [2.75, 3.05) is 11.5 Å². The lowest BCUT2D eigenvalue weighted by atomic mass is 9.89. The van der Waals surface area contributed by atoms with Crippen molar-refractivity contribution in [1.29, 1.82) is 0 Å². The van der Waals surface area contributed by atoms with Crippen LogP contribution in [0.5, 0.6) is 0 Å². The van der Waals surface area contributed by atoms with E-state index < -0.39 is 16.1 Å². The molecule has 6 aromatic rings. The van der Waals surface area contributed by atoms with Crippen LogP contribution < -0.4 is 0 Å². The van der Waals surface area contributed by atoms with Crippen molar-refractivity contribution in [1.82, 2.24) is 4.98 Å². The van der Waals surface area contributed by atoms with Gasteiger partial charge in [0.2, 0.25) is 0 Å². The summed E-state index contributed by atoms with van der Waals surface area (Å²) in [6.07, 6.45) is 8.73. The first-order valence-corrected chi connectivity index (χ1v) is 28.5. The molecule has 0 aliphatic carbocycles. The Morgan fingerprint density at radius 1 is 0.407 bits per heavy atom. The van der Waals surface area contributed by atoms with E-state index in [1.54, 1.807) is 0 Å². The highest BCUT2D eigenvalue weighted by atomic mass is 32.2. The quantitative estimate of drug-likeness (QED) is 0.0907. The highest BCUT2D eigenvalue weighted by molar-refractivity contribution is 7.99. The number of hydrogen-bond donors (Lipinski definition) is 0. The number of rotatable bonds is 12. The van der Waals surface area contributed by atoms with E-state index in [0.717, 1.165) is 11.4 Å². The summed E-state index contributed by atoms with van der Waals surface area (Å²) >= 11 is 3.97. The monoisotopic (exact) mass is 773 g/mol. The number of benzene rings is 5. The smallest absolute Gasteiger partial charge is 0.0637 e. The summed E-state index contributed by atoms with van der Waals surface area (Å²) in [5, 5.41) is 0. The minimum absolute atomic E-state index is 0.955. The number of hydrogen-bond acceptors (Lipinski definition) is 3. The second-order valence-electron chi connectivity index (χ2n) is 16.7. The SMILES string of the molecule is C[Si](C)(C)CCSc1ccc(-c2ccc(-c3cc4c(-c5ccc(-c6ccc(SCC[Si](C)(C)C)cc6)cc5)cc3/C=C\c3cccc(n3)/C=C\4)cc2)cc1. The van der Waals surface area contributed by atoms with Gasteiger partial charge >= 0.3 is 0 Å². The van der Waals surface area contributed by atoms with E-state index in [-0.39, 0.29) is 0 Å². The fraction of sp³-hybridized carbons (Fsp3) is 0.204. The van der Waals surface area contributed by atoms with E-state index in [4.69, 9.17) is 4.98 Å². The molecule has 1 aromatic heterocycles. The molecular formula is C49H51NS2Si2. The zero-order chi connectivity index (χ0) is 37.7. The summed E-state index contributed by atoms with van der Waals surface area (Å²) in [6, 6.07) is 50.0. The van der Waals surface area contributed by atoms with Gasteiger partial charge < -0.3 is 0 Å². The van der Waals surface area contributed by atoms with Crippen molar-refractivity contribution >= 4 is 64.0 Å². The van der Waals surface area contributed by atoms with E-state index in [9.17, 15) is 0 Å². The average molecular weight is 774 g/mol. The van der Waals surface area contributed by atoms with Crippen molar-refractivity contribution in [3.63, 3.8) is 0 Å². The van der Waals surface area contributed by atoms with E-state index >= 15 is 0 Å². The van der Waals surface area contributed by atoms with E-state index in [0.29, 0.717) is 0 Å². The first-order chi connectivity index (χ1) is 26.0. The average Bonchev–Trinajstić information content (AvgIpc) is 3.19. The third-order valence-corrected chi connectivity index (χ3v) is 16.1. The van der Waals surface area contributed by atoms with Gasteiger partial charge in [0.15, 0.2) is 0 Å². The maximum absolute atomic E-state index is 4.88. The molecule has 3 heterocycles. The van der Waals surface area contributed by atoms with Gasteiger partial charge in [-0.05, 0) is 140 Å². The Labute approximate surface area is 334 Å². The van der Waals surface area contributed by atoms with Crippen molar-refractivity contribution in [2.45, 2.75) is 61.2 Å². The third kappa shape index (κ3) is 10.1. The number of nitrogens with zero attached hydrogens (tertiary/aromatic N) is 1. The molecule has 0 atom stereocenters. The maximum Gasteiger partial charge on any atom is 0.0637 e. The van der Waals surface area contributed by atoms with Gasteiger partial charge in [0.05, 0.1) is 11.4 Å². The molecule has 0 radical (unpaired) electrons. The summed E-state index contributed by atoms with van der Waals surface area (Å²) in [7, 11) is -2.03. The molecule has 5 aromatic carbocycles. The molecular weight excluding hydrogens is 723 g/mol. The van der Waals surface area contributed by atoms with Crippen LogP contribution in [0.25, 0.3) is 68.8 Å². The van der Waals surface area contributed by atoms with E-state index in [2.05, 4.69) is 191 Å². The highest BCUT2D eigenvalue weighted by Crippen LogP contribution is 2.37. The van der Waals surface area contributed by atoms with Crippen molar-refractivity contribution < 1.29 is 0 Å². The predicted octanol–water partition coefficient (Wildman–Crippen LogP) is 15.3. The number of fused-ring (bicyclic) bond motifs is 2. The second kappa shape index (κ2) is 16.7. The second-order valence-corrected chi connectivity index (χ2v) is 30.3. The van der Waals surface area contributed by atoms with E-state index in [1.807, 2.05) is 23.5 Å². The molecule has 0 amide bonds. The Kier molecular flexibility index (Phi) is 11.8. The van der Waals surface area contributed by atoms with Crippen LogP contribution in [0.4, 0.5) is 0 Å². The van der Waals surface area contributed by atoms with Gasteiger partial charge in [-0.1, -0.05) is 130 Å². The van der Waals surface area contributed by atoms with Gasteiger partial charge in [0, 0.05) is 25.9 Å². The molecule has 0 spiro atoms. The van der Waals surface area contributed by atoms with Crippen LogP contribution in [0, 0.1) is 0 Å². The molecule has 0 N–H and O–H groups in total. The van der Waals surface area contributed by atoms with Gasteiger partial charge in [-0.3, -0.25) is 0 Å². The lowest BCUT2D eigenvalue weighted by Crippen LogP contribution is -2.19. The maximum atomic E-state index is 4.88. The largest absolute Gasteiger partial charge is 0.249 e. The third-order valence-electron chi connectivity index (χ3n) is 9.89. The Bertz CT molecular complexity index is 2100. The van der Waals surface area contributed by atoms with Crippen LogP contribution >= 0.6 is 23.5 Å². The van der Waals surface area contributed by atoms with E-state index in [1.165, 1.54) is 89.0 Å². The normalized spacial score (nSPS) is 13.7. The topological polar surface area (TPSA) is 12.9 Å². The summed E-state index contributed by atoms with van der Waals surface area (Å²) in [5.74, 6) is 2.41. The molecule has 0 saturated heterocycles. The Balaban J connectivity index is 1.16. The Morgan fingerprint density at radius 2 is 0.741 bits per heavy atom. The van der Waals surface area contributed by atoms with Crippen LogP contribution in [-0.2, 0) is 0 Å². The summed E-state index contributed by atoms with van der Waals surface area (Å²) in [6.45, 7) is 14.7. The van der Waals surface area contributed by atoms with Gasteiger partial charge in [-0.2, -0.15) is 0 Å². The van der Waals surface area contributed by atoms with Crippen LogP contribution in [0.3, 0.4) is 0 Å². The van der Waals surface area contributed by atoms with Crippen LogP contribution in [0.2, 0.25) is 51.4 Å². The molecule has 2 aliphatic heterocycles. The molecule has 272 valence electrons. The Hall–Kier alpha value is -4.14. The minimum Gasteiger partial charge on any atom is -0.249 e. The van der Waals surface area contributed by atoms with Crippen molar-refractivity contribution in [3.8, 4) is 44.5 Å². The molecule has 4 bridgehead atoms. The van der Waals surface area contributed by atoms with Gasteiger partial charge in [0.25, 0.3) is 0 Å².